The third-order valence-electron chi connectivity index (χ3n) is 7.29. The molecule has 0 spiro atoms. The number of carbonyl (C=O) groups excluding carboxylic acids is 1. The van der Waals surface area contributed by atoms with Crippen molar-refractivity contribution in [3.05, 3.63) is 39.4 Å². The standard InChI is InChI=1S/C18H22N2O3/c1-17(2)11-7-8-18(17,3)15(9-11)19-10-13-12(16(19)21)5-4-6-14(13)20(22)23/h4-6,11,15H,7-10H2,1-3H3/t11-,15+,18?/m1/s1. The summed E-state index contributed by atoms with van der Waals surface area (Å²) in [6, 6.07) is 5.04. The van der Waals surface area contributed by atoms with Crippen molar-refractivity contribution in [3.8, 4) is 0 Å². The lowest BCUT2D eigenvalue weighted by molar-refractivity contribution is -0.385. The summed E-state index contributed by atoms with van der Waals surface area (Å²) in [5.74, 6) is 0.613. The molecule has 1 aromatic rings. The van der Waals surface area contributed by atoms with E-state index in [0.717, 1.165) is 12.8 Å². The maximum Gasteiger partial charge on any atom is 0.275 e. The molecule has 122 valence electrons. The molecular weight excluding hydrogens is 292 g/mol. The molecule has 2 fully saturated rings. The number of hydrogen-bond donors (Lipinski definition) is 0. The van der Waals surface area contributed by atoms with Gasteiger partial charge in [0.2, 0.25) is 0 Å². The van der Waals surface area contributed by atoms with Crippen molar-refractivity contribution in [3.63, 3.8) is 0 Å². The molecule has 23 heavy (non-hydrogen) atoms. The number of carbonyl (C=O) groups is 1. The highest BCUT2D eigenvalue weighted by Gasteiger charge is 2.63. The molecule has 0 saturated heterocycles. The Bertz CT molecular complexity index is 727. The molecule has 0 N–H and O–H groups in total. The Hall–Kier alpha value is -1.91. The molecule has 0 aromatic heterocycles. The lowest BCUT2D eigenvalue weighted by Gasteiger charge is -2.43. The third kappa shape index (κ3) is 1.65. The van der Waals surface area contributed by atoms with Crippen LogP contribution in [-0.4, -0.2) is 21.8 Å². The maximum absolute atomic E-state index is 12.9. The van der Waals surface area contributed by atoms with Gasteiger partial charge in [0, 0.05) is 12.1 Å². The van der Waals surface area contributed by atoms with E-state index >= 15 is 0 Å². The van der Waals surface area contributed by atoms with Crippen LogP contribution in [0.25, 0.3) is 0 Å². The van der Waals surface area contributed by atoms with Crippen LogP contribution in [0.3, 0.4) is 0 Å². The molecule has 3 aliphatic rings. The summed E-state index contributed by atoms with van der Waals surface area (Å²) >= 11 is 0. The van der Waals surface area contributed by atoms with Crippen LogP contribution in [0.5, 0.6) is 0 Å². The minimum absolute atomic E-state index is 0.0294. The Kier molecular flexibility index (Phi) is 2.77. The molecule has 1 unspecified atom stereocenters. The summed E-state index contributed by atoms with van der Waals surface area (Å²) in [7, 11) is 0. The van der Waals surface area contributed by atoms with Crippen LogP contribution < -0.4 is 0 Å². The number of rotatable bonds is 2. The Morgan fingerprint density at radius 3 is 2.61 bits per heavy atom. The SMILES string of the molecule is CC1(C)[C@@H]2CCC1(C)[C@@H](N1Cc3c(cccc3[N+](=O)[O-])C1=O)C2. The molecule has 4 rings (SSSR count). The first-order chi connectivity index (χ1) is 10.8. The molecule has 3 atom stereocenters. The largest absolute Gasteiger partial charge is 0.330 e. The van der Waals surface area contributed by atoms with Gasteiger partial charge in [-0.3, -0.25) is 14.9 Å². The normalized spacial score (nSPS) is 34.0. The van der Waals surface area contributed by atoms with Crippen LogP contribution in [0, 0.1) is 26.9 Å². The fraction of sp³-hybridized carbons (Fsp3) is 0.611. The van der Waals surface area contributed by atoms with Gasteiger partial charge in [-0.1, -0.05) is 26.8 Å². The summed E-state index contributed by atoms with van der Waals surface area (Å²) in [5, 5.41) is 11.3. The molecule has 5 heteroatoms. The van der Waals surface area contributed by atoms with Crippen molar-refractivity contribution in [1.29, 1.82) is 0 Å². The number of benzene rings is 1. The fourth-order valence-corrected chi connectivity index (χ4v) is 5.39. The quantitative estimate of drug-likeness (QED) is 0.616. The second kappa shape index (κ2) is 4.34. The number of amides is 1. The highest BCUT2D eigenvalue weighted by Crippen LogP contribution is 2.67. The zero-order valence-corrected chi connectivity index (χ0v) is 13.8. The number of fused-ring (bicyclic) bond motifs is 3. The van der Waals surface area contributed by atoms with Crippen LogP contribution >= 0.6 is 0 Å². The summed E-state index contributed by atoms with van der Waals surface area (Å²) in [4.78, 5) is 25.7. The van der Waals surface area contributed by atoms with Gasteiger partial charge < -0.3 is 4.90 Å². The molecule has 2 bridgehead atoms. The van der Waals surface area contributed by atoms with E-state index in [-0.39, 0.29) is 33.4 Å². The van der Waals surface area contributed by atoms with Crippen LogP contribution in [0.15, 0.2) is 18.2 Å². The molecule has 2 aliphatic carbocycles. The van der Waals surface area contributed by atoms with Crippen LogP contribution in [-0.2, 0) is 6.54 Å². The van der Waals surface area contributed by atoms with Crippen LogP contribution in [0.2, 0.25) is 0 Å². The Morgan fingerprint density at radius 1 is 1.30 bits per heavy atom. The van der Waals surface area contributed by atoms with Gasteiger partial charge >= 0.3 is 0 Å². The smallest absolute Gasteiger partial charge is 0.275 e. The molecule has 0 radical (unpaired) electrons. The minimum atomic E-state index is -0.373. The predicted molar refractivity (Wildman–Crippen MR) is 86.0 cm³/mol. The number of nitro benzene ring substituents is 1. The summed E-state index contributed by atoms with van der Waals surface area (Å²) in [6.07, 6.45) is 3.39. The fourth-order valence-electron chi connectivity index (χ4n) is 5.39. The summed E-state index contributed by atoms with van der Waals surface area (Å²) in [5.41, 5.74) is 1.50. The lowest BCUT2D eigenvalue weighted by atomic mass is 9.69. The van der Waals surface area contributed by atoms with Crippen LogP contribution in [0.1, 0.15) is 56.0 Å². The lowest BCUT2D eigenvalue weighted by Crippen LogP contribution is -2.47. The van der Waals surface area contributed by atoms with Gasteiger partial charge in [0.1, 0.15) is 0 Å². The zero-order chi connectivity index (χ0) is 16.6. The van der Waals surface area contributed by atoms with E-state index in [1.807, 2.05) is 4.90 Å². The van der Waals surface area contributed by atoms with Crippen molar-refractivity contribution >= 4 is 11.6 Å². The first-order valence-electron chi connectivity index (χ1n) is 8.34. The monoisotopic (exact) mass is 314 g/mol. The van der Waals surface area contributed by atoms with Gasteiger partial charge in [-0.2, -0.15) is 0 Å². The average molecular weight is 314 g/mol. The third-order valence-corrected chi connectivity index (χ3v) is 7.29. The van der Waals surface area contributed by atoms with E-state index < -0.39 is 0 Å². The van der Waals surface area contributed by atoms with Crippen molar-refractivity contribution < 1.29 is 9.72 Å². The number of nitro groups is 1. The van der Waals surface area contributed by atoms with Gasteiger partial charge in [-0.25, -0.2) is 0 Å². The molecule has 1 aliphatic heterocycles. The van der Waals surface area contributed by atoms with Crippen molar-refractivity contribution in [2.45, 2.75) is 52.6 Å². The number of hydrogen-bond acceptors (Lipinski definition) is 3. The highest BCUT2D eigenvalue weighted by molar-refractivity contribution is 5.99. The van der Waals surface area contributed by atoms with Crippen LogP contribution in [0.4, 0.5) is 5.69 Å². The van der Waals surface area contributed by atoms with Gasteiger partial charge in [-0.05, 0) is 42.1 Å². The highest BCUT2D eigenvalue weighted by atomic mass is 16.6. The van der Waals surface area contributed by atoms with E-state index in [1.165, 1.54) is 12.5 Å². The molecule has 1 heterocycles. The van der Waals surface area contributed by atoms with Gasteiger partial charge in [0.25, 0.3) is 11.6 Å². The molecule has 1 amide bonds. The van der Waals surface area contributed by atoms with E-state index in [1.54, 1.807) is 12.1 Å². The molecule has 2 saturated carbocycles. The van der Waals surface area contributed by atoms with Gasteiger partial charge in [-0.15, -0.1) is 0 Å². The zero-order valence-electron chi connectivity index (χ0n) is 13.8. The van der Waals surface area contributed by atoms with E-state index in [2.05, 4.69) is 20.8 Å². The number of nitrogens with zero attached hydrogens (tertiary/aromatic N) is 2. The van der Waals surface area contributed by atoms with E-state index in [0.29, 0.717) is 23.6 Å². The maximum atomic E-state index is 12.9. The summed E-state index contributed by atoms with van der Waals surface area (Å²) < 4.78 is 0. The summed E-state index contributed by atoms with van der Waals surface area (Å²) in [6.45, 7) is 7.32. The average Bonchev–Trinajstić information content (AvgIpc) is 3.01. The van der Waals surface area contributed by atoms with Crippen molar-refractivity contribution in [2.75, 3.05) is 0 Å². The second-order valence-corrected chi connectivity index (χ2v) is 8.12. The molecule has 5 nitrogen and oxygen atoms in total. The predicted octanol–water partition coefficient (Wildman–Crippen LogP) is 3.77. The first-order valence-corrected chi connectivity index (χ1v) is 8.34. The molecular formula is C18H22N2O3. The Balaban J connectivity index is 1.73. The Morgan fingerprint density at radius 2 is 2.04 bits per heavy atom. The molecule has 1 aromatic carbocycles. The van der Waals surface area contributed by atoms with Gasteiger partial charge in [0.05, 0.1) is 22.6 Å². The second-order valence-electron chi connectivity index (χ2n) is 8.12. The Labute approximate surface area is 135 Å². The van der Waals surface area contributed by atoms with E-state index in [4.69, 9.17) is 0 Å². The van der Waals surface area contributed by atoms with Crippen molar-refractivity contribution in [2.24, 2.45) is 16.7 Å². The van der Waals surface area contributed by atoms with E-state index in [9.17, 15) is 14.9 Å². The first kappa shape index (κ1) is 14.7. The topological polar surface area (TPSA) is 63.4 Å². The van der Waals surface area contributed by atoms with Crippen molar-refractivity contribution in [1.82, 2.24) is 4.90 Å². The van der Waals surface area contributed by atoms with Gasteiger partial charge in [0.15, 0.2) is 0 Å². The minimum Gasteiger partial charge on any atom is -0.330 e.